The van der Waals surface area contributed by atoms with Crippen molar-refractivity contribution in [3.8, 4) is 11.5 Å². The number of amides is 1. The van der Waals surface area contributed by atoms with E-state index in [9.17, 15) is 9.18 Å². The Kier molecular flexibility index (Phi) is 5.64. The Morgan fingerprint density at radius 2 is 1.72 bits per heavy atom. The molecule has 5 rings (SSSR count). The number of fused-ring (bicyclic) bond motifs is 1. The fourth-order valence-corrected chi connectivity index (χ4v) is 4.42. The summed E-state index contributed by atoms with van der Waals surface area (Å²) in [6.07, 6.45) is 1.81. The van der Waals surface area contributed by atoms with Gasteiger partial charge in [0, 0.05) is 0 Å². The van der Waals surface area contributed by atoms with E-state index in [1.165, 1.54) is 28.8 Å². The van der Waals surface area contributed by atoms with Gasteiger partial charge < -0.3 is 9.47 Å². The van der Waals surface area contributed by atoms with Gasteiger partial charge >= 0.3 is 0 Å². The van der Waals surface area contributed by atoms with Crippen LogP contribution in [0.2, 0.25) is 0 Å². The summed E-state index contributed by atoms with van der Waals surface area (Å²) < 4.78 is 24.7. The van der Waals surface area contributed by atoms with Gasteiger partial charge in [0.1, 0.15) is 19.0 Å². The van der Waals surface area contributed by atoms with E-state index in [0.29, 0.717) is 47.0 Å². The molecule has 0 bridgehead atoms. The van der Waals surface area contributed by atoms with Crippen LogP contribution >= 0.6 is 11.8 Å². The van der Waals surface area contributed by atoms with Gasteiger partial charge in [0.05, 0.1) is 17.1 Å². The van der Waals surface area contributed by atoms with Gasteiger partial charge in [-0.15, -0.1) is 0 Å². The number of rotatable bonds is 4. The lowest BCUT2D eigenvalue weighted by molar-refractivity contribution is -0.113. The van der Waals surface area contributed by atoms with E-state index in [1.54, 1.807) is 12.1 Å². The van der Waals surface area contributed by atoms with Gasteiger partial charge in [-0.25, -0.2) is 4.39 Å². The second kappa shape index (κ2) is 8.88. The zero-order valence-corrected chi connectivity index (χ0v) is 17.8. The van der Waals surface area contributed by atoms with E-state index in [1.807, 2.05) is 54.6 Å². The third kappa shape index (κ3) is 4.24. The van der Waals surface area contributed by atoms with Gasteiger partial charge in [0.2, 0.25) is 0 Å². The average molecular weight is 447 g/mol. The lowest BCUT2D eigenvalue weighted by Crippen LogP contribution is -2.28. The third-order valence-corrected chi connectivity index (χ3v) is 6.00. The minimum atomic E-state index is -0.358. The summed E-state index contributed by atoms with van der Waals surface area (Å²) in [7, 11) is 0. The summed E-state index contributed by atoms with van der Waals surface area (Å²) in [5.74, 6) is 0.794. The molecule has 0 saturated carbocycles. The molecule has 0 aliphatic carbocycles. The fraction of sp³-hybridized carbons (Fsp3) is 0.120. The Bertz CT molecular complexity index is 1210. The van der Waals surface area contributed by atoms with Gasteiger partial charge in [-0.2, -0.15) is 0 Å². The van der Waals surface area contributed by atoms with Crippen molar-refractivity contribution in [2.45, 2.75) is 6.54 Å². The number of nitrogens with zero attached hydrogens (tertiary/aromatic N) is 2. The van der Waals surface area contributed by atoms with E-state index < -0.39 is 0 Å². The van der Waals surface area contributed by atoms with Crippen LogP contribution in [0, 0.1) is 5.82 Å². The third-order valence-electron chi connectivity index (χ3n) is 4.99. The van der Waals surface area contributed by atoms with Crippen LogP contribution in [0.15, 0.2) is 82.7 Å². The highest BCUT2D eigenvalue weighted by Gasteiger charge is 2.34. The first-order valence-corrected chi connectivity index (χ1v) is 11.0. The van der Waals surface area contributed by atoms with Crippen molar-refractivity contribution < 1.29 is 18.7 Å². The highest BCUT2D eigenvalue weighted by Crippen LogP contribution is 2.38. The normalized spacial score (nSPS) is 17.9. The van der Waals surface area contributed by atoms with Crippen LogP contribution < -0.4 is 14.4 Å². The summed E-state index contributed by atoms with van der Waals surface area (Å²) in [5.41, 5.74) is 2.44. The average Bonchev–Trinajstić information content (AvgIpc) is 3.13. The van der Waals surface area contributed by atoms with E-state index >= 15 is 0 Å². The Balaban J connectivity index is 1.48. The zero-order chi connectivity index (χ0) is 21.9. The van der Waals surface area contributed by atoms with Crippen LogP contribution in [-0.4, -0.2) is 24.3 Å². The largest absolute Gasteiger partial charge is 0.486 e. The van der Waals surface area contributed by atoms with E-state index in [4.69, 9.17) is 14.5 Å². The predicted octanol–water partition coefficient (Wildman–Crippen LogP) is 5.27. The SMILES string of the molecule is O=C1/C(=C/c2ccc3c(c2)OCCO3)SC(=NCc2ccccc2)N1c1ccc(F)cc1. The van der Waals surface area contributed by atoms with Crippen molar-refractivity contribution in [3.05, 3.63) is 94.6 Å². The highest BCUT2D eigenvalue weighted by molar-refractivity contribution is 8.19. The number of benzene rings is 3. The molecule has 0 N–H and O–H groups in total. The summed E-state index contributed by atoms with van der Waals surface area (Å²) in [6, 6.07) is 21.2. The fourth-order valence-electron chi connectivity index (χ4n) is 3.44. The van der Waals surface area contributed by atoms with Crippen molar-refractivity contribution >= 4 is 34.6 Å². The smallest absolute Gasteiger partial charge is 0.271 e. The van der Waals surface area contributed by atoms with E-state index in [2.05, 4.69) is 0 Å². The van der Waals surface area contributed by atoms with Crippen molar-refractivity contribution in [2.24, 2.45) is 4.99 Å². The second-order valence-electron chi connectivity index (χ2n) is 7.22. The van der Waals surface area contributed by atoms with E-state index in [0.717, 1.165) is 11.1 Å². The number of hydrogen-bond acceptors (Lipinski definition) is 5. The molecule has 3 aromatic carbocycles. The van der Waals surface area contributed by atoms with Gasteiger partial charge in [0.15, 0.2) is 16.7 Å². The number of anilines is 1. The standard InChI is InChI=1S/C25H19FN2O3S/c26-19-7-9-20(10-8-19)28-24(29)23(32-25(28)27-16-17-4-2-1-3-5-17)15-18-6-11-21-22(14-18)31-13-12-30-21/h1-11,14-15H,12-13,16H2/b23-15-,27-25?. The zero-order valence-electron chi connectivity index (χ0n) is 17.0. The quantitative estimate of drug-likeness (QED) is 0.512. The van der Waals surface area contributed by atoms with Gasteiger partial charge in [-0.3, -0.25) is 14.7 Å². The number of halogens is 1. The monoisotopic (exact) mass is 446 g/mol. The maximum atomic E-state index is 13.5. The molecule has 1 amide bonds. The molecule has 0 atom stereocenters. The van der Waals surface area contributed by atoms with Crippen molar-refractivity contribution in [3.63, 3.8) is 0 Å². The predicted molar refractivity (Wildman–Crippen MR) is 124 cm³/mol. The van der Waals surface area contributed by atoms with Crippen LogP contribution in [0.1, 0.15) is 11.1 Å². The minimum Gasteiger partial charge on any atom is -0.486 e. The summed E-state index contributed by atoms with van der Waals surface area (Å²) >= 11 is 1.30. The molecule has 1 fully saturated rings. The maximum Gasteiger partial charge on any atom is 0.271 e. The Morgan fingerprint density at radius 3 is 2.50 bits per heavy atom. The van der Waals surface area contributed by atoms with E-state index in [-0.39, 0.29) is 11.7 Å². The summed E-state index contributed by atoms with van der Waals surface area (Å²) in [4.78, 5) is 20.1. The molecule has 0 spiro atoms. The lowest BCUT2D eigenvalue weighted by Gasteiger charge is -2.18. The van der Waals surface area contributed by atoms with Crippen molar-refractivity contribution in [1.82, 2.24) is 0 Å². The molecule has 1 saturated heterocycles. The maximum absolute atomic E-state index is 13.5. The van der Waals surface area contributed by atoms with Crippen LogP contribution in [-0.2, 0) is 11.3 Å². The highest BCUT2D eigenvalue weighted by atomic mass is 32.2. The molecule has 5 nitrogen and oxygen atoms in total. The molecule has 0 unspecified atom stereocenters. The topological polar surface area (TPSA) is 51.1 Å². The molecular weight excluding hydrogens is 427 g/mol. The minimum absolute atomic E-state index is 0.205. The summed E-state index contributed by atoms with van der Waals surface area (Å²) in [6.45, 7) is 1.45. The molecule has 2 heterocycles. The number of carbonyl (C=O) groups is 1. The molecule has 0 aromatic heterocycles. The Labute approximate surface area is 189 Å². The first-order valence-electron chi connectivity index (χ1n) is 10.1. The molecule has 2 aliphatic rings. The van der Waals surface area contributed by atoms with Gasteiger partial charge in [-0.1, -0.05) is 36.4 Å². The molecule has 160 valence electrons. The summed E-state index contributed by atoms with van der Waals surface area (Å²) in [5, 5.41) is 0.550. The Hall–Kier alpha value is -3.58. The van der Waals surface area contributed by atoms with Gasteiger partial charge in [0.25, 0.3) is 5.91 Å². The molecule has 3 aromatic rings. The number of carbonyl (C=O) groups excluding carboxylic acids is 1. The number of hydrogen-bond donors (Lipinski definition) is 0. The molecule has 32 heavy (non-hydrogen) atoms. The first kappa shape index (κ1) is 20.3. The number of thioether (sulfide) groups is 1. The second-order valence-corrected chi connectivity index (χ2v) is 8.22. The van der Waals surface area contributed by atoms with Crippen molar-refractivity contribution in [2.75, 3.05) is 18.1 Å². The first-order chi connectivity index (χ1) is 15.7. The molecule has 2 aliphatic heterocycles. The van der Waals surface area contributed by atoms with Crippen LogP contribution in [0.4, 0.5) is 10.1 Å². The lowest BCUT2D eigenvalue weighted by atomic mass is 10.1. The Morgan fingerprint density at radius 1 is 0.969 bits per heavy atom. The van der Waals surface area contributed by atoms with Crippen LogP contribution in [0.3, 0.4) is 0 Å². The number of ether oxygens (including phenoxy) is 2. The van der Waals surface area contributed by atoms with Crippen molar-refractivity contribution in [1.29, 1.82) is 0 Å². The molecule has 7 heteroatoms. The van der Waals surface area contributed by atoms with Crippen LogP contribution in [0.5, 0.6) is 11.5 Å². The van der Waals surface area contributed by atoms with Gasteiger partial charge in [-0.05, 0) is 65.4 Å². The molecular formula is C25H19FN2O3S. The number of amidine groups is 1. The molecule has 0 radical (unpaired) electrons. The number of aliphatic imine (C=N–C) groups is 1. The van der Waals surface area contributed by atoms with Crippen LogP contribution in [0.25, 0.3) is 6.08 Å².